The lowest BCUT2D eigenvalue weighted by molar-refractivity contribution is -0.144. The fraction of sp³-hybridized carbons (Fsp3) is 0.500. The zero-order valence-corrected chi connectivity index (χ0v) is 71.0. The van der Waals surface area contributed by atoms with Crippen LogP contribution in [0.15, 0.2) is 85.2 Å². The van der Waals surface area contributed by atoms with E-state index < -0.39 is 229 Å². The highest BCUT2D eigenvalue weighted by Gasteiger charge is 2.42. The molecule has 14 atom stereocenters. The molecule has 3 heterocycles. The summed E-state index contributed by atoms with van der Waals surface area (Å²) in [5.74, 6) is -19.6. The molecule has 676 valence electrons. The lowest BCUT2D eigenvalue weighted by Gasteiger charge is -2.31. The van der Waals surface area contributed by atoms with Crippen LogP contribution in [-0.2, 0) is 101 Å². The number of nitrogens with zero attached hydrogens (tertiary/aromatic N) is 1. The quantitative estimate of drug-likeness (QED) is 0.00775. The number of carboxylic acid groups (broad SMARTS) is 3. The van der Waals surface area contributed by atoms with E-state index in [1.165, 1.54) is 45.0 Å². The molecule has 5 aromatic rings. The SMILES string of the molecule is CC(C)C[C@@H](NC(=O)[C@@H](Cc1c[nH]c2ccccc12)NC(=O)[C@@H](CCCNC(=N)N)NC(=O)[C@@H](Cc1c[nH]c2ccccc12)NC(=O)[C@@H](CCC(=O)O)NC(=O)[C@H]1CCCN1C(=O)[C@@H](Cc1ccc(O)cc1)NC(=O)[C@@H](CC(=O)O)NC(=O)[C@@H](CS)NC(=O)[C@@H](C)NC(=O)CNC(=O)[C@H](N)CCCCN)C(=O)N[C@H](CS)C(=O)N[C@H](C)C(=O)N[C@H](C)C(=O)O. The number of rotatable bonds is 51. The smallest absolute Gasteiger partial charge is 0.325 e. The van der Waals surface area contributed by atoms with Gasteiger partial charge in [0.1, 0.15) is 84.3 Å². The van der Waals surface area contributed by atoms with Crippen molar-refractivity contribution in [2.75, 3.05) is 37.7 Å². The third-order valence-electron chi connectivity index (χ3n) is 20.2. The van der Waals surface area contributed by atoms with Gasteiger partial charge in [0.2, 0.25) is 82.7 Å². The fourth-order valence-corrected chi connectivity index (χ4v) is 13.9. The second-order valence-corrected chi connectivity index (χ2v) is 31.2. The van der Waals surface area contributed by atoms with Gasteiger partial charge in [-0.25, -0.2) is 0 Å². The molecular weight excluding hydrogens is 1660 g/mol. The van der Waals surface area contributed by atoms with E-state index in [9.17, 15) is 78.0 Å². The van der Waals surface area contributed by atoms with Crippen molar-refractivity contribution >= 4 is 154 Å². The number of aromatic nitrogens is 2. The highest BCUT2D eigenvalue weighted by Crippen LogP contribution is 2.25. The zero-order chi connectivity index (χ0) is 91.6. The number of amides is 14. The number of carbonyl (C=O) groups is 17. The van der Waals surface area contributed by atoms with E-state index in [2.05, 4.69) is 110 Å². The highest BCUT2D eigenvalue weighted by atomic mass is 32.1. The van der Waals surface area contributed by atoms with Gasteiger partial charge in [0.25, 0.3) is 0 Å². The van der Waals surface area contributed by atoms with Gasteiger partial charge in [-0.05, 0) is 126 Å². The van der Waals surface area contributed by atoms with E-state index in [4.69, 9.17) is 22.6 Å². The number of para-hydroxylation sites is 2. The molecule has 0 radical (unpaired) electrons. The van der Waals surface area contributed by atoms with Crippen molar-refractivity contribution in [1.29, 1.82) is 5.41 Å². The number of phenols is 1. The van der Waals surface area contributed by atoms with E-state index >= 15 is 24.0 Å². The number of nitrogens with one attached hydrogen (secondary N) is 17. The average molecular weight is 1770 g/mol. The third-order valence-corrected chi connectivity index (χ3v) is 20.9. The highest BCUT2D eigenvalue weighted by molar-refractivity contribution is 7.80. The first-order chi connectivity index (χ1) is 58.8. The van der Waals surface area contributed by atoms with Crippen LogP contribution >= 0.6 is 25.3 Å². The maximum absolute atomic E-state index is 15.4. The van der Waals surface area contributed by atoms with Crippen LogP contribution in [-0.4, -0.2) is 264 Å². The molecule has 0 aliphatic carbocycles. The Balaban J connectivity index is 1.27. The van der Waals surface area contributed by atoms with Crippen LogP contribution in [0, 0.1) is 11.3 Å². The van der Waals surface area contributed by atoms with Crippen LogP contribution in [0.2, 0.25) is 0 Å². The van der Waals surface area contributed by atoms with Gasteiger partial charge in [-0.3, -0.25) is 86.9 Å². The van der Waals surface area contributed by atoms with E-state index in [0.29, 0.717) is 64.3 Å². The summed E-state index contributed by atoms with van der Waals surface area (Å²) in [4.78, 5) is 242. The lowest BCUT2D eigenvalue weighted by atomic mass is 9.99. The molecule has 27 N–H and O–H groups in total. The molecule has 3 aromatic carbocycles. The Bertz CT molecular complexity index is 4630. The Labute approximate surface area is 724 Å². The monoisotopic (exact) mass is 1770 g/mol. The molecule has 0 saturated carbocycles. The van der Waals surface area contributed by atoms with Crippen LogP contribution in [0.3, 0.4) is 0 Å². The van der Waals surface area contributed by atoms with Crippen LogP contribution in [0.25, 0.3) is 21.8 Å². The van der Waals surface area contributed by atoms with Gasteiger partial charge in [0.15, 0.2) is 5.96 Å². The van der Waals surface area contributed by atoms with Gasteiger partial charge < -0.3 is 127 Å². The van der Waals surface area contributed by atoms with Gasteiger partial charge in [0.05, 0.1) is 19.0 Å². The van der Waals surface area contributed by atoms with Gasteiger partial charge in [-0.15, -0.1) is 0 Å². The molecule has 14 amide bonds. The number of H-pyrrole nitrogens is 2. The number of aromatic hydroxyl groups is 1. The first-order valence-corrected chi connectivity index (χ1v) is 41.6. The van der Waals surface area contributed by atoms with E-state index in [-0.39, 0.29) is 75.5 Å². The number of aromatic amines is 2. The summed E-state index contributed by atoms with van der Waals surface area (Å²) < 4.78 is 0. The van der Waals surface area contributed by atoms with E-state index in [1.54, 1.807) is 74.8 Å². The normalized spacial score (nSPS) is 15.6. The van der Waals surface area contributed by atoms with Crippen LogP contribution in [0.5, 0.6) is 5.75 Å². The first kappa shape index (κ1) is 100. The lowest BCUT2D eigenvalue weighted by Crippen LogP contribution is -2.61. The van der Waals surface area contributed by atoms with Crippen molar-refractivity contribution in [1.82, 2.24) is 89.3 Å². The number of carboxylic acids is 3. The number of benzene rings is 3. The summed E-state index contributed by atoms with van der Waals surface area (Å²) >= 11 is 8.43. The minimum atomic E-state index is -1.98. The maximum atomic E-state index is 15.4. The van der Waals surface area contributed by atoms with Crippen molar-refractivity contribution in [2.24, 2.45) is 23.1 Å². The molecule has 1 aliphatic rings. The van der Waals surface area contributed by atoms with Crippen LogP contribution in [0.1, 0.15) is 122 Å². The third kappa shape index (κ3) is 31.7. The molecule has 42 nitrogen and oxygen atoms in total. The number of thiol groups is 2. The fourth-order valence-electron chi connectivity index (χ4n) is 13.4. The summed E-state index contributed by atoms with van der Waals surface area (Å²) in [6.07, 6.45) is 0.833. The van der Waals surface area contributed by atoms with Gasteiger partial charge >= 0.3 is 17.9 Å². The molecule has 2 aromatic heterocycles. The molecule has 6 rings (SSSR count). The van der Waals surface area contributed by atoms with Crippen LogP contribution in [0.4, 0.5) is 0 Å². The summed E-state index contributed by atoms with van der Waals surface area (Å²) in [7, 11) is 0. The summed E-state index contributed by atoms with van der Waals surface area (Å²) in [5.41, 5.74) is 19.5. The maximum Gasteiger partial charge on any atom is 0.325 e. The van der Waals surface area contributed by atoms with E-state index in [1.807, 2.05) is 0 Å². The Morgan fingerprint density at radius 3 is 1.51 bits per heavy atom. The Morgan fingerprint density at radius 1 is 0.500 bits per heavy atom. The van der Waals surface area contributed by atoms with E-state index in [0.717, 1.165) is 4.90 Å². The van der Waals surface area contributed by atoms with Crippen molar-refractivity contribution < 1.29 is 102 Å². The van der Waals surface area contributed by atoms with Gasteiger partial charge in [0, 0.05) is 84.5 Å². The number of hydrogen-bond donors (Lipinski definition) is 26. The summed E-state index contributed by atoms with van der Waals surface area (Å²) in [5, 5.41) is 83.7. The molecule has 44 heteroatoms. The first-order valence-electron chi connectivity index (χ1n) is 40.3. The average Bonchev–Trinajstić information content (AvgIpc) is 1.63. The number of likely N-dealkylation sites (tertiary alicyclic amines) is 1. The second-order valence-electron chi connectivity index (χ2n) is 30.4. The summed E-state index contributed by atoms with van der Waals surface area (Å²) in [6, 6.07) is -1.97. The molecule has 1 saturated heterocycles. The van der Waals surface area contributed by atoms with Crippen molar-refractivity contribution in [3.8, 4) is 5.75 Å². The number of unbranched alkanes of at least 4 members (excludes halogenated alkanes) is 1. The molecule has 1 fully saturated rings. The van der Waals surface area contributed by atoms with Crippen LogP contribution < -0.4 is 91.6 Å². The van der Waals surface area contributed by atoms with Crippen molar-refractivity contribution in [3.05, 3.63) is 102 Å². The molecular formula is C80H113N21O21S2. The minimum absolute atomic E-state index is 0.000476. The predicted molar refractivity (Wildman–Crippen MR) is 458 cm³/mol. The van der Waals surface area contributed by atoms with Gasteiger partial charge in [-0.2, -0.15) is 25.3 Å². The largest absolute Gasteiger partial charge is 0.508 e. The van der Waals surface area contributed by atoms with Crippen molar-refractivity contribution in [3.63, 3.8) is 0 Å². The minimum Gasteiger partial charge on any atom is -0.508 e. The molecule has 0 spiro atoms. The second kappa shape index (κ2) is 49.5. The topological polar surface area (TPSA) is 676 Å². The van der Waals surface area contributed by atoms with Gasteiger partial charge in [-0.1, -0.05) is 68.8 Å². The number of nitrogens with two attached hydrogens (primary N) is 3. The molecule has 0 unspecified atom stereocenters. The standard InChI is InChI=1S/C80H113N21O21S2/c1-40(2)30-55(71(113)100-60(38-123)75(117)90-42(4)66(108)91-43(5)79(121)122)94-73(115)57(33-46-36-87-52-18-9-7-15-49(46)52)95-69(111)53(19-12-28-85-80(83)84)92-72(114)56(32-45-35-86-51-17-8-6-14-48(45)51)96-70(112)54(25-26-64(104)105)93-77(119)62-20-13-29-101(62)78(120)59(31-44-21-23-47(102)24-22-44)98-74(116)58(34-65(106)107)97-76(118)61(39-124)99-67(109)41(3)89-63(103)37-88-68(110)50(82)16-10-11-27-81/h6-9,14-15,17-18,21-24,35-36,40-43,50,53-62,86-87,102,123-124H,10-13,16,19-20,25-34,37-39,81-82H2,1-5H3,(H,88,110)(H,89,103)(H,90,117)(H,91,108)(H,92,114)(H,93,119)(H,94,115)(H,95,111)(H,96,112)(H,97,118)(H,98,116)(H,99,109)(H,100,113)(H,104,105)(H,106,107)(H,121,122)(H4,83,84,85)/t41-,42-,43-,50-,53-,54-,55-,56-,57-,58-,59-,60-,61-,62-/m1/s1. The Morgan fingerprint density at radius 2 is 0.968 bits per heavy atom. The molecule has 1 aliphatic heterocycles. The zero-order valence-electron chi connectivity index (χ0n) is 69.2. The number of guanidine groups is 1. The predicted octanol–water partition coefficient (Wildman–Crippen LogP) is -3.58. The number of hydrogen-bond acceptors (Lipinski definition) is 23. The number of fused-ring (bicyclic) bond motifs is 2. The number of phenolic OH excluding ortho intramolecular Hbond substituents is 1. The number of aliphatic carboxylic acids is 3. The Kier molecular flexibility index (Phi) is 40.0. The molecule has 124 heavy (non-hydrogen) atoms. The number of carbonyl (C=O) groups excluding carboxylic acids is 14. The Hall–Kier alpha value is -12.6. The summed E-state index contributed by atoms with van der Waals surface area (Å²) in [6.45, 7) is 6.85. The molecule has 0 bridgehead atoms. The van der Waals surface area contributed by atoms with Crippen molar-refractivity contribution in [2.45, 2.75) is 209 Å².